The molecule has 0 N–H and O–H groups in total. The van der Waals surface area contributed by atoms with Crippen LogP contribution in [0.1, 0.15) is 0 Å². The monoisotopic (exact) mass is 224 g/mol. The Hall–Kier alpha value is 0.160. The van der Waals surface area contributed by atoms with E-state index in [1.807, 2.05) is 0 Å². The maximum absolute atomic E-state index is 5.43. The van der Waals surface area contributed by atoms with E-state index in [4.69, 9.17) is 16.3 Å². The molecule has 1 aromatic heterocycles. The van der Waals surface area contributed by atoms with Crippen molar-refractivity contribution in [3.8, 4) is 0 Å². The smallest absolute Gasteiger partial charge is 0.169 e. The molecule has 1 rings (SSSR count). The average molecular weight is 225 g/mol. The summed E-state index contributed by atoms with van der Waals surface area (Å²) >= 11 is 8.49. The van der Waals surface area contributed by atoms with Crippen molar-refractivity contribution in [3.63, 3.8) is 0 Å². The molecule has 68 valence electrons. The molecule has 1 heterocycles. The van der Waals surface area contributed by atoms with Crippen LogP contribution in [-0.2, 0) is 4.74 Å². The Morgan fingerprint density at radius 3 is 3.17 bits per heavy atom. The maximum atomic E-state index is 5.43. The van der Waals surface area contributed by atoms with Crippen LogP contribution in [0.3, 0.4) is 0 Å². The number of rotatable bonds is 6. The maximum Gasteiger partial charge on any atom is 0.169 e. The van der Waals surface area contributed by atoms with Crippen molar-refractivity contribution in [1.29, 1.82) is 0 Å². The number of alkyl halides is 1. The first-order chi connectivity index (χ1) is 5.93. The molecule has 12 heavy (non-hydrogen) atoms. The first-order valence-electron chi connectivity index (χ1n) is 3.46. The highest BCUT2D eigenvalue weighted by Crippen LogP contribution is 2.17. The minimum absolute atomic E-state index is 0.559. The van der Waals surface area contributed by atoms with Crippen LogP contribution in [-0.4, -0.2) is 34.2 Å². The van der Waals surface area contributed by atoms with Gasteiger partial charge in [-0.1, -0.05) is 11.8 Å². The minimum Gasteiger partial charge on any atom is -0.379 e. The van der Waals surface area contributed by atoms with E-state index < -0.39 is 0 Å². The molecule has 0 aliphatic rings. The summed E-state index contributed by atoms with van der Waals surface area (Å²) in [7, 11) is 0. The predicted octanol–water partition coefficient (Wildman–Crippen LogP) is 1.89. The molecule has 0 atom stereocenters. The Bertz CT molecular complexity index is 195. The third-order valence-electron chi connectivity index (χ3n) is 1.02. The lowest BCUT2D eigenvalue weighted by atomic mass is 10.8. The average Bonchev–Trinajstić information content (AvgIpc) is 2.57. The van der Waals surface area contributed by atoms with Gasteiger partial charge in [0.25, 0.3) is 0 Å². The summed E-state index contributed by atoms with van der Waals surface area (Å²) in [6.07, 6.45) is 1.56. The summed E-state index contributed by atoms with van der Waals surface area (Å²) in [4.78, 5) is 4.02. The first-order valence-corrected chi connectivity index (χ1v) is 5.76. The van der Waals surface area contributed by atoms with Crippen LogP contribution >= 0.6 is 34.9 Å². The van der Waals surface area contributed by atoms with Crippen molar-refractivity contribution in [2.75, 3.05) is 24.8 Å². The standard InChI is InChI=1S/C6H9ClN2OS2/c7-1-2-10-3-4-11-6-8-5-9-12-6/h5H,1-4H2. The first kappa shape index (κ1) is 10.2. The normalized spacial score (nSPS) is 10.4. The van der Waals surface area contributed by atoms with Gasteiger partial charge in [-0.25, -0.2) is 4.98 Å². The van der Waals surface area contributed by atoms with Gasteiger partial charge in [-0.15, -0.1) is 11.6 Å². The molecule has 0 fully saturated rings. The van der Waals surface area contributed by atoms with Crippen LogP contribution in [0.25, 0.3) is 0 Å². The summed E-state index contributed by atoms with van der Waals surface area (Å²) in [5.41, 5.74) is 0. The van der Waals surface area contributed by atoms with Gasteiger partial charge < -0.3 is 4.74 Å². The van der Waals surface area contributed by atoms with Gasteiger partial charge in [-0.05, 0) is 11.5 Å². The molecule has 0 aliphatic heterocycles. The number of aromatic nitrogens is 2. The molecule has 1 aromatic rings. The minimum atomic E-state index is 0.559. The van der Waals surface area contributed by atoms with Gasteiger partial charge in [0, 0.05) is 11.6 Å². The lowest BCUT2D eigenvalue weighted by molar-refractivity contribution is 0.166. The van der Waals surface area contributed by atoms with E-state index in [9.17, 15) is 0 Å². The highest BCUT2D eigenvalue weighted by Gasteiger charge is 1.96. The molecule has 0 saturated heterocycles. The lowest BCUT2D eigenvalue weighted by Gasteiger charge is -1.98. The summed E-state index contributed by atoms with van der Waals surface area (Å²) < 4.78 is 10.1. The van der Waals surface area contributed by atoms with Crippen LogP contribution in [0.5, 0.6) is 0 Å². The highest BCUT2D eigenvalue weighted by atomic mass is 35.5. The largest absolute Gasteiger partial charge is 0.379 e. The van der Waals surface area contributed by atoms with Crippen molar-refractivity contribution in [1.82, 2.24) is 9.36 Å². The Morgan fingerprint density at radius 1 is 1.58 bits per heavy atom. The van der Waals surface area contributed by atoms with Gasteiger partial charge in [-0.2, -0.15) is 4.37 Å². The molecule has 0 bridgehead atoms. The van der Waals surface area contributed by atoms with Crippen LogP contribution in [0, 0.1) is 0 Å². The molecule has 0 radical (unpaired) electrons. The molecular formula is C6H9ClN2OS2. The van der Waals surface area contributed by atoms with Crippen molar-refractivity contribution in [3.05, 3.63) is 6.33 Å². The Morgan fingerprint density at radius 2 is 2.50 bits per heavy atom. The lowest BCUT2D eigenvalue weighted by Crippen LogP contribution is -1.99. The van der Waals surface area contributed by atoms with Gasteiger partial charge in [0.15, 0.2) is 4.34 Å². The van der Waals surface area contributed by atoms with Crippen molar-refractivity contribution in [2.24, 2.45) is 0 Å². The Balaban J connectivity index is 1.96. The molecular weight excluding hydrogens is 216 g/mol. The summed E-state index contributed by atoms with van der Waals surface area (Å²) in [6, 6.07) is 0. The van der Waals surface area contributed by atoms with Crippen LogP contribution in [0.15, 0.2) is 10.7 Å². The van der Waals surface area contributed by atoms with Gasteiger partial charge in [0.1, 0.15) is 6.33 Å². The SMILES string of the molecule is ClCCOCCSc1ncns1. The summed E-state index contributed by atoms with van der Waals surface area (Å²) in [6.45, 7) is 1.34. The highest BCUT2D eigenvalue weighted by molar-refractivity contribution is 8.00. The second kappa shape index (κ2) is 6.65. The zero-order chi connectivity index (χ0) is 8.65. The number of nitrogens with zero attached hydrogens (tertiary/aromatic N) is 2. The number of hydrogen-bond acceptors (Lipinski definition) is 5. The fraction of sp³-hybridized carbons (Fsp3) is 0.667. The van der Waals surface area contributed by atoms with Crippen LogP contribution in [0.4, 0.5) is 0 Å². The van der Waals surface area contributed by atoms with Crippen LogP contribution in [0.2, 0.25) is 0 Å². The van der Waals surface area contributed by atoms with Crippen molar-refractivity contribution < 1.29 is 4.74 Å². The van der Waals surface area contributed by atoms with Gasteiger partial charge >= 0.3 is 0 Å². The van der Waals surface area contributed by atoms with E-state index in [0.717, 1.165) is 16.7 Å². The van der Waals surface area contributed by atoms with Crippen LogP contribution < -0.4 is 0 Å². The molecule has 0 amide bonds. The fourth-order valence-electron chi connectivity index (χ4n) is 0.571. The van der Waals surface area contributed by atoms with E-state index in [1.54, 1.807) is 18.1 Å². The van der Waals surface area contributed by atoms with Gasteiger partial charge in [0.2, 0.25) is 0 Å². The zero-order valence-electron chi connectivity index (χ0n) is 6.40. The van der Waals surface area contributed by atoms with E-state index >= 15 is 0 Å². The van der Waals surface area contributed by atoms with E-state index in [0.29, 0.717) is 12.5 Å². The summed E-state index contributed by atoms with van der Waals surface area (Å²) in [5, 5.41) is 0. The number of halogens is 1. The van der Waals surface area contributed by atoms with E-state index in [-0.39, 0.29) is 0 Å². The van der Waals surface area contributed by atoms with Crippen molar-refractivity contribution >= 4 is 34.9 Å². The third kappa shape index (κ3) is 4.25. The molecule has 0 unspecified atom stereocenters. The van der Waals surface area contributed by atoms with Gasteiger partial charge in [-0.3, -0.25) is 0 Å². The number of ether oxygens (including phenoxy) is 1. The van der Waals surface area contributed by atoms with E-state index in [1.165, 1.54) is 11.5 Å². The Labute approximate surface area is 84.7 Å². The molecule has 6 heteroatoms. The van der Waals surface area contributed by atoms with Gasteiger partial charge in [0.05, 0.1) is 13.2 Å². The summed E-state index contributed by atoms with van der Waals surface area (Å²) in [5.74, 6) is 1.47. The fourth-order valence-corrected chi connectivity index (χ4v) is 2.05. The zero-order valence-corrected chi connectivity index (χ0v) is 8.79. The molecule has 3 nitrogen and oxygen atoms in total. The second-order valence-electron chi connectivity index (χ2n) is 1.86. The Kier molecular flexibility index (Phi) is 5.68. The van der Waals surface area contributed by atoms with Crippen molar-refractivity contribution in [2.45, 2.75) is 4.34 Å². The molecule has 0 saturated carbocycles. The molecule has 0 spiro atoms. The second-order valence-corrected chi connectivity index (χ2v) is 4.36. The molecule has 0 aliphatic carbocycles. The molecule has 0 aromatic carbocycles. The third-order valence-corrected chi connectivity index (χ3v) is 2.93. The predicted molar refractivity (Wildman–Crippen MR) is 52.2 cm³/mol. The quantitative estimate of drug-likeness (QED) is 0.420. The topological polar surface area (TPSA) is 35.0 Å². The number of hydrogen-bond donors (Lipinski definition) is 0. The number of thioether (sulfide) groups is 1. The van der Waals surface area contributed by atoms with E-state index in [2.05, 4.69) is 9.36 Å².